The maximum Gasteiger partial charge on any atom is 0.135 e. The van der Waals surface area contributed by atoms with Gasteiger partial charge < -0.3 is 5.32 Å². The number of nitrogens with one attached hydrogen (secondary N) is 1. The highest BCUT2D eigenvalue weighted by Crippen LogP contribution is 2.22. The molecule has 2 rings (SSSR count). The van der Waals surface area contributed by atoms with Crippen molar-refractivity contribution in [3.63, 3.8) is 0 Å². The van der Waals surface area contributed by atoms with Gasteiger partial charge in [0.1, 0.15) is 22.6 Å². The lowest BCUT2D eigenvalue weighted by Crippen LogP contribution is -1.99. The van der Waals surface area contributed by atoms with Gasteiger partial charge >= 0.3 is 0 Å². The smallest absolute Gasteiger partial charge is 0.135 e. The molecule has 0 aliphatic heterocycles. The Morgan fingerprint density at radius 3 is 2.71 bits per heavy atom. The summed E-state index contributed by atoms with van der Waals surface area (Å²) >= 11 is 5.82. The fourth-order valence-electron chi connectivity index (χ4n) is 1.48. The monoisotopic (exact) mass is 251 g/mol. The van der Waals surface area contributed by atoms with E-state index in [9.17, 15) is 4.39 Å². The van der Waals surface area contributed by atoms with Crippen LogP contribution in [0.1, 0.15) is 11.4 Å². The van der Waals surface area contributed by atoms with Gasteiger partial charge in [0.25, 0.3) is 0 Å². The van der Waals surface area contributed by atoms with E-state index < -0.39 is 0 Å². The fraction of sp³-hybridized carbons (Fsp3) is 0.167. The second-order valence-corrected chi connectivity index (χ2v) is 4.05. The zero-order valence-electron chi connectivity index (χ0n) is 9.46. The summed E-state index contributed by atoms with van der Waals surface area (Å²) in [7, 11) is 0. The van der Waals surface area contributed by atoms with Crippen molar-refractivity contribution in [2.45, 2.75) is 13.8 Å². The Morgan fingerprint density at radius 2 is 2.00 bits per heavy atom. The molecular weight excluding hydrogens is 241 g/mol. The minimum Gasteiger partial charge on any atom is -0.340 e. The van der Waals surface area contributed by atoms with E-state index in [1.165, 1.54) is 6.07 Å². The van der Waals surface area contributed by atoms with Crippen molar-refractivity contribution in [2.75, 3.05) is 5.32 Å². The molecule has 3 nitrogen and oxygen atoms in total. The molecule has 0 aliphatic carbocycles. The number of nitrogens with zero attached hydrogens (tertiary/aromatic N) is 2. The number of aryl methyl sites for hydroxylation is 1. The van der Waals surface area contributed by atoms with Gasteiger partial charge in [0.2, 0.25) is 0 Å². The van der Waals surface area contributed by atoms with Gasteiger partial charge in [-0.1, -0.05) is 17.7 Å². The van der Waals surface area contributed by atoms with Crippen LogP contribution in [-0.4, -0.2) is 9.97 Å². The Bertz CT molecular complexity index is 537. The Morgan fingerprint density at radius 1 is 1.24 bits per heavy atom. The van der Waals surface area contributed by atoms with Crippen molar-refractivity contribution < 1.29 is 4.39 Å². The molecule has 0 aliphatic rings. The summed E-state index contributed by atoms with van der Waals surface area (Å²) in [5, 5.41) is 3.37. The first kappa shape index (κ1) is 11.8. The number of rotatable bonds is 2. The van der Waals surface area contributed by atoms with Gasteiger partial charge in [0.15, 0.2) is 0 Å². The molecule has 0 saturated carbocycles. The van der Waals surface area contributed by atoms with Crippen molar-refractivity contribution in [1.82, 2.24) is 9.97 Å². The third-order valence-electron chi connectivity index (χ3n) is 2.34. The number of hydrogen-bond acceptors (Lipinski definition) is 3. The first-order chi connectivity index (χ1) is 8.06. The molecule has 1 heterocycles. The molecule has 2 aromatic rings. The summed E-state index contributed by atoms with van der Waals surface area (Å²) in [6.07, 6.45) is 0. The summed E-state index contributed by atoms with van der Waals surface area (Å²) in [5.74, 6) is 0.858. The maximum absolute atomic E-state index is 13.3. The zero-order chi connectivity index (χ0) is 12.4. The van der Waals surface area contributed by atoms with Crippen molar-refractivity contribution in [3.05, 3.63) is 46.6 Å². The molecule has 0 amide bonds. The van der Waals surface area contributed by atoms with Crippen LogP contribution < -0.4 is 5.32 Å². The maximum atomic E-state index is 13.3. The van der Waals surface area contributed by atoms with Crippen LogP contribution in [0.25, 0.3) is 0 Å². The molecule has 0 spiro atoms. The van der Waals surface area contributed by atoms with Crippen LogP contribution in [0, 0.1) is 19.7 Å². The second-order valence-electron chi connectivity index (χ2n) is 3.66. The van der Waals surface area contributed by atoms with Crippen LogP contribution >= 0.6 is 11.6 Å². The fourth-order valence-corrected chi connectivity index (χ4v) is 1.70. The summed E-state index contributed by atoms with van der Waals surface area (Å²) in [6, 6.07) is 6.43. The number of halogens is 2. The van der Waals surface area contributed by atoms with Crippen molar-refractivity contribution >= 4 is 23.1 Å². The Labute approximate surface area is 104 Å². The van der Waals surface area contributed by atoms with Gasteiger partial charge in [-0.15, -0.1) is 0 Å². The minimum atomic E-state index is -0.258. The van der Waals surface area contributed by atoms with Crippen LogP contribution in [0.4, 0.5) is 15.9 Å². The molecule has 1 N–H and O–H groups in total. The van der Waals surface area contributed by atoms with Gasteiger partial charge in [-0.2, -0.15) is 0 Å². The predicted octanol–water partition coefficient (Wildman–Crippen LogP) is 3.63. The van der Waals surface area contributed by atoms with Crippen molar-refractivity contribution in [2.24, 2.45) is 0 Å². The highest BCUT2D eigenvalue weighted by Gasteiger charge is 2.05. The Hall–Kier alpha value is -1.68. The molecule has 17 heavy (non-hydrogen) atoms. The van der Waals surface area contributed by atoms with E-state index in [4.69, 9.17) is 11.6 Å². The molecular formula is C12H11ClFN3. The van der Waals surface area contributed by atoms with Crippen molar-refractivity contribution in [3.8, 4) is 0 Å². The van der Waals surface area contributed by atoms with E-state index in [0.717, 1.165) is 0 Å². The normalized spacial score (nSPS) is 10.4. The van der Waals surface area contributed by atoms with Gasteiger partial charge in [-0.05, 0) is 26.0 Å². The molecule has 0 radical (unpaired) electrons. The standard InChI is InChI=1S/C12H11ClFN3/c1-7-9(14)4-3-5-10(7)17-12-6-11(13)15-8(2)16-12/h3-6H,1-2H3,(H,15,16,17). The van der Waals surface area contributed by atoms with Crippen LogP contribution in [-0.2, 0) is 0 Å². The highest BCUT2D eigenvalue weighted by atomic mass is 35.5. The third-order valence-corrected chi connectivity index (χ3v) is 2.53. The van der Waals surface area contributed by atoms with Crippen LogP contribution in [0.15, 0.2) is 24.3 Å². The second kappa shape index (κ2) is 4.67. The van der Waals surface area contributed by atoms with E-state index in [1.807, 2.05) is 0 Å². The van der Waals surface area contributed by atoms with Crippen LogP contribution in [0.3, 0.4) is 0 Å². The summed E-state index contributed by atoms with van der Waals surface area (Å²) in [4.78, 5) is 8.13. The predicted molar refractivity (Wildman–Crippen MR) is 66.2 cm³/mol. The lowest BCUT2D eigenvalue weighted by molar-refractivity contribution is 0.619. The molecule has 0 bridgehead atoms. The van der Waals surface area contributed by atoms with E-state index >= 15 is 0 Å². The SMILES string of the molecule is Cc1nc(Cl)cc(Nc2cccc(F)c2C)n1. The Kier molecular flexibility index (Phi) is 3.24. The molecule has 0 atom stereocenters. The molecule has 0 unspecified atom stereocenters. The van der Waals surface area contributed by atoms with E-state index in [0.29, 0.717) is 28.0 Å². The van der Waals surface area contributed by atoms with E-state index in [1.54, 1.807) is 32.0 Å². The molecule has 0 saturated heterocycles. The highest BCUT2D eigenvalue weighted by molar-refractivity contribution is 6.29. The summed E-state index contributed by atoms with van der Waals surface area (Å²) in [5.41, 5.74) is 1.21. The van der Waals surface area contributed by atoms with Gasteiger partial charge in [0, 0.05) is 17.3 Å². The number of anilines is 2. The largest absolute Gasteiger partial charge is 0.340 e. The third kappa shape index (κ3) is 2.71. The van der Waals surface area contributed by atoms with Gasteiger partial charge in [0.05, 0.1) is 0 Å². The molecule has 1 aromatic heterocycles. The van der Waals surface area contributed by atoms with Crippen LogP contribution in [0.5, 0.6) is 0 Å². The van der Waals surface area contributed by atoms with E-state index in [-0.39, 0.29) is 5.82 Å². The first-order valence-corrected chi connectivity index (χ1v) is 5.47. The van der Waals surface area contributed by atoms with Gasteiger partial charge in [-0.25, -0.2) is 14.4 Å². The average molecular weight is 252 g/mol. The zero-order valence-corrected chi connectivity index (χ0v) is 10.2. The molecule has 88 valence electrons. The quantitative estimate of drug-likeness (QED) is 0.829. The molecule has 1 aromatic carbocycles. The number of benzene rings is 1. The number of hydrogen-bond donors (Lipinski definition) is 1. The molecule has 0 fully saturated rings. The lowest BCUT2D eigenvalue weighted by Gasteiger charge is -2.09. The van der Waals surface area contributed by atoms with Gasteiger partial charge in [-0.3, -0.25) is 0 Å². The summed E-state index contributed by atoms with van der Waals surface area (Å²) < 4.78 is 13.3. The van der Waals surface area contributed by atoms with Crippen LogP contribution in [0.2, 0.25) is 5.15 Å². The summed E-state index contributed by atoms with van der Waals surface area (Å²) in [6.45, 7) is 3.45. The lowest BCUT2D eigenvalue weighted by atomic mass is 10.2. The minimum absolute atomic E-state index is 0.258. The number of aromatic nitrogens is 2. The molecule has 5 heteroatoms. The van der Waals surface area contributed by atoms with Crippen molar-refractivity contribution in [1.29, 1.82) is 0 Å². The van der Waals surface area contributed by atoms with E-state index in [2.05, 4.69) is 15.3 Å². The Balaban J connectivity index is 2.34. The topological polar surface area (TPSA) is 37.8 Å². The average Bonchev–Trinajstić information content (AvgIpc) is 2.23. The first-order valence-electron chi connectivity index (χ1n) is 5.09.